The van der Waals surface area contributed by atoms with E-state index in [4.69, 9.17) is 21.4 Å². The number of H-pyrrole nitrogens is 1. The van der Waals surface area contributed by atoms with Crippen LogP contribution in [0.5, 0.6) is 0 Å². The van der Waals surface area contributed by atoms with Gasteiger partial charge in [-0.25, -0.2) is 0 Å². The van der Waals surface area contributed by atoms with Gasteiger partial charge in [0.25, 0.3) is 7.37 Å². The van der Waals surface area contributed by atoms with Crippen LogP contribution in [0, 0.1) is 18.3 Å². The number of aldehydes is 1. The third-order valence-electron chi connectivity index (χ3n) is 4.21. The molecule has 5 nitrogen and oxygen atoms in total. The molecule has 0 aliphatic rings. The lowest BCUT2D eigenvalue weighted by atomic mass is 10.1. The van der Waals surface area contributed by atoms with Gasteiger partial charge in [0.05, 0.1) is 17.1 Å². The van der Waals surface area contributed by atoms with Gasteiger partial charge in [0.2, 0.25) is 0 Å². The second kappa shape index (κ2) is 7.54. The van der Waals surface area contributed by atoms with Crippen molar-refractivity contribution in [2.45, 2.75) is 6.92 Å². The molecule has 0 bridgehead atoms. The molecule has 0 spiro atoms. The van der Waals surface area contributed by atoms with Crippen LogP contribution in [0.4, 0.5) is 0 Å². The van der Waals surface area contributed by atoms with Crippen LogP contribution in [-0.4, -0.2) is 18.4 Å². The highest BCUT2D eigenvalue weighted by Crippen LogP contribution is 2.47. The lowest BCUT2D eigenvalue weighted by molar-refractivity contribution is 0.112. The van der Waals surface area contributed by atoms with E-state index in [-0.39, 0.29) is 5.69 Å². The number of rotatable bonds is 5. The lowest BCUT2D eigenvalue weighted by Gasteiger charge is -2.18. The van der Waals surface area contributed by atoms with Crippen LogP contribution >= 0.6 is 19.0 Å². The molecule has 1 atom stereocenters. The maximum atomic E-state index is 14.0. The summed E-state index contributed by atoms with van der Waals surface area (Å²) >= 11 is 6.12. The summed E-state index contributed by atoms with van der Waals surface area (Å²) in [6.45, 7) is 1.86. The number of hydrogen-bond donors (Lipinski definition) is 1. The molecule has 136 valence electrons. The molecule has 1 aromatic heterocycles. The van der Waals surface area contributed by atoms with E-state index < -0.39 is 7.37 Å². The van der Waals surface area contributed by atoms with Gasteiger partial charge in [-0.2, -0.15) is 5.26 Å². The van der Waals surface area contributed by atoms with Gasteiger partial charge in [-0.05, 0) is 54.5 Å². The van der Waals surface area contributed by atoms with Crippen molar-refractivity contribution < 1.29 is 13.9 Å². The lowest BCUT2D eigenvalue weighted by Crippen LogP contribution is -2.20. The number of carbonyl (C=O) groups is 1. The minimum absolute atomic E-state index is 0.188. The Hall–Kier alpha value is -2.64. The van der Waals surface area contributed by atoms with E-state index in [1.54, 1.807) is 36.4 Å². The molecule has 0 aliphatic heterocycles. The van der Waals surface area contributed by atoms with E-state index in [2.05, 4.69) is 4.98 Å². The van der Waals surface area contributed by atoms with Crippen LogP contribution in [0.25, 0.3) is 17.0 Å². The molecule has 7 heteroatoms. The van der Waals surface area contributed by atoms with E-state index in [9.17, 15) is 9.36 Å². The van der Waals surface area contributed by atoms with Gasteiger partial charge in [0, 0.05) is 34.4 Å². The van der Waals surface area contributed by atoms with Crippen molar-refractivity contribution in [3.63, 3.8) is 0 Å². The Kier molecular flexibility index (Phi) is 5.34. The fourth-order valence-electron chi connectivity index (χ4n) is 3.09. The van der Waals surface area contributed by atoms with Crippen LogP contribution in [-0.2, 0) is 9.09 Å². The van der Waals surface area contributed by atoms with Crippen molar-refractivity contribution >= 4 is 52.8 Å². The Balaban J connectivity index is 2.33. The summed E-state index contributed by atoms with van der Waals surface area (Å²) in [6.07, 6.45) is 3.60. The Morgan fingerprint density at radius 3 is 2.70 bits per heavy atom. The van der Waals surface area contributed by atoms with E-state index in [1.807, 2.05) is 19.1 Å². The monoisotopic (exact) mass is 398 g/mol. The summed E-state index contributed by atoms with van der Waals surface area (Å²) < 4.78 is 19.5. The van der Waals surface area contributed by atoms with Crippen molar-refractivity contribution in [2.75, 3.05) is 7.11 Å². The first-order chi connectivity index (χ1) is 12.9. The molecule has 0 saturated carbocycles. The van der Waals surface area contributed by atoms with E-state index in [0.29, 0.717) is 38.4 Å². The average Bonchev–Trinajstić information content (AvgIpc) is 3.03. The SMILES string of the molecule is COP(=O)(c1cc(C)cc(/C=C/C#N)c1)c1c(C=O)[nH]c2ccc(Cl)cc12. The minimum atomic E-state index is -3.60. The highest BCUT2D eigenvalue weighted by atomic mass is 35.5. The van der Waals surface area contributed by atoms with Crippen LogP contribution in [0.2, 0.25) is 5.02 Å². The Labute approximate surface area is 161 Å². The predicted octanol–water partition coefficient (Wildman–Crippen LogP) is 4.35. The Bertz CT molecular complexity index is 1160. The van der Waals surface area contributed by atoms with Crippen LogP contribution in [0.15, 0.2) is 42.5 Å². The third-order valence-corrected chi connectivity index (χ3v) is 6.96. The largest absolute Gasteiger partial charge is 0.352 e. The van der Waals surface area contributed by atoms with Gasteiger partial charge < -0.3 is 9.51 Å². The van der Waals surface area contributed by atoms with E-state index >= 15 is 0 Å². The van der Waals surface area contributed by atoms with Crippen molar-refractivity contribution in [3.05, 3.63) is 64.3 Å². The van der Waals surface area contributed by atoms with Crippen LogP contribution in [0.1, 0.15) is 21.6 Å². The molecule has 0 fully saturated rings. The summed E-state index contributed by atoms with van der Waals surface area (Å²) in [7, 11) is -2.25. The van der Waals surface area contributed by atoms with Crippen LogP contribution < -0.4 is 10.6 Å². The van der Waals surface area contributed by atoms with Crippen molar-refractivity contribution in [2.24, 2.45) is 0 Å². The maximum Gasteiger partial charge on any atom is 0.263 e. The van der Waals surface area contributed by atoms with Crippen molar-refractivity contribution in [1.82, 2.24) is 4.98 Å². The molecule has 0 radical (unpaired) electrons. The zero-order valence-corrected chi connectivity index (χ0v) is 16.3. The van der Waals surface area contributed by atoms with Crippen LogP contribution in [0.3, 0.4) is 0 Å². The molecule has 0 amide bonds. The second-order valence-electron chi connectivity index (χ2n) is 5.99. The number of benzene rings is 2. The molecule has 2 aromatic carbocycles. The number of aromatic amines is 1. The molecule has 0 saturated heterocycles. The molecule has 1 N–H and O–H groups in total. The van der Waals surface area contributed by atoms with Gasteiger partial charge >= 0.3 is 0 Å². The van der Waals surface area contributed by atoms with Crippen molar-refractivity contribution in [3.8, 4) is 6.07 Å². The number of aryl methyl sites for hydroxylation is 1. The zero-order chi connectivity index (χ0) is 19.6. The molecule has 3 rings (SSSR count). The Morgan fingerprint density at radius 2 is 2.04 bits per heavy atom. The number of nitrogens with zero attached hydrogens (tertiary/aromatic N) is 1. The number of carbonyl (C=O) groups excluding carboxylic acids is 1. The highest BCUT2D eigenvalue weighted by Gasteiger charge is 2.34. The number of aromatic nitrogens is 1. The molecule has 3 aromatic rings. The summed E-state index contributed by atoms with van der Waals surface area (Å²) in [5, 5.41) is 10.5. The molecule has 1 unspecified atom stereocenters. The fraction of sp³-hybridized carbons (Fsp3) is 0.100. The molecular formula is C20H16ClN2O3P. The van der Waals surface area contributed by atoms with Gasteiger partial charge in [-0.1, -0.05) is 17.7 Å². The number of allylic oxidation sites excluding steroid dienone is 1. The summed E-state index contributed by atoms with van der Waals surface area (Å²) in [5.41, 5.74) is 2.40. The zero-order valence-electron chi connectivity index (χ0n) is 14.7. The third kappa shape index (κ3) is 3.48. The Morgan fingerprint density at radius 1 is 1.26 bits per heavy atom. The van der Waals surface area contributed by atoms with Gasteiger partial charge in [-0.3, -0.25) is 9.36 Å². The smallest absolute Gasteiger partial charge is 0.263 e. The number of hydrogen-bond acceptors (Lipinski definition) is 4. The fourth-order valence-corrected chi connectivity index (χ4v) is 5.53. The maximum absolute atomic E-state index is 14.0. The predicted molar refractivity (Wildman–Crippen MR) is 108 cm³/mol. The minimum Gasteiger partial charge on any atom is -0.352 e. The number of nitriles is 1. The molecule has 1 heterocycles. The van der Waals surface area contributed by atoms with Gasteiger partial charge in [-0.15, -0.1) is 0 Å². The average molecular weight is 399 g/mol. The molecule has 27 heavy (non-hydrogen) atoms. The first-order valence-electron chi connectivity index (χ1n) is 8.04. The number of halogens is 1. The van der Waals surface area contributed by atoms with Crippen molar-refractivity contribution in [1.29, 1.82) is 5.26 Å². The first kappa shape index (κ1) is 19.1. The second-order valence-corrected chi connectivity index (χ2v) is 8.86. The number of fused-ring (bicyclic) bond motifs is 1. The van der Waals surface area contributed by atoms with E-state index in [1.165, 1.54) is 13.2 Å². The molecule has 0 aliphatic carbocycles. The first-order valence-corrected chi connectivity index (χ1v) is 10.0. The molecular weight excluding hydrogens is 383 g/mol. The number of nitrogens with one attached hydrogen (secondary N) is 1. The van der Waals surface area contributed by atoms with E-state index in [0.717, 1.165) is 5.56 Å². The summed E-state index contributed by atoms with van der Waals surface area (Å²) in [6, 6.07) is 12.3. The van der Waals surface area contributed by atoms with Gasteiger partial charge in [0.1, 0.15) is 0 Å². The topological polar surface area (TPSA) is 82.9 Å². The highest BCUT2D eigenvalue weighted by molar-refractivity contribution is 7.75. The van der Waals surface area contributed by atoms with Gasteiger partial charge in [0.15, 0.2) is 6.29 Å². The standard InChI is InChI=1S/C20H16ClN2O3P/c1-13-8-14(4-3-7-22)10-16(9-13)27(25,26-2)20-17-11-15(21)5-6-18(17)23-19(20)12-24/h3-6,8-12,23H,1-2H3/b4-3+. The summed E-state index contributed by atoms with van der Waals surface area (Å²) in [4.78, 5) is 14.6. The summed E-state index contributed by atoms with van der Waals surface area (Å²) in [5.74, 6) is 0. The normalized spacial score (nSPS) is 13.6. The quantitative estimate of drug-likeness (QED) is 0.393.